The number of hydrogen-bond donors (Lipinski definition) is 3. The van der Waals surface area contributed by atoms with Gasteiger partial charge in [-0.3, -0.25) is 4.57 Å². The van der Waals surface area contributed by atoms with E-state index in [1.807, 2.05) is 43.3 Å². The fraction of sp³-hybridized carbons (Fsp3) is 0.241. The third kappa shape index (κ3) is 3.00. The summed E-state index contributed by atoms with van der Waals surface area (Å²) in [7, 11) is 0. The molecular formula is C29H24N4O3. The number of hydrogen-bond acceptors (Lipinski definition) is 6. The summed E-state index contributed by atoms with van der Waals surface area (Å²) in [5.41, 5.74) is 2.51. The van der Waals surface area contributed by atoms with Gasteiger partial charge in [-0.25, -0.2) is 0 Å². The molecule has 2 bridgehead atoms. The molecule has 6 rings (SSSR count). The Morgan fingerprint density at radius 2 is 1.64 bits per heavy atom. The highest BCUT2D eigenvalue weighted by molar-refractivity contribution is 5.95. The number of ether oxygens (including phenoxy) is 1. The van der Waals surface area contributed by atoms with E-state index in [2.05, 4.69) is 17.5 Å². The minimum absolute atomic E-state index is 0.0264. The summed E-state index contributed by atoms with van der Waals surface area (Å²) in [6.07, 6.45) is 2.07. The minimum atomic E-state index is -0.723. The number of anilines is 1. The number of nitrogens with zero attached hydrogens (tertiary/aromatic N) is 3. The Morgan fingerprint density at radius 3 is 2.36 bits per heavy atom. The highest BCUT2D eigenvalue weighted by atomic mass is 16.5. The van der Waals surface area contributed by atoms with E-state index in [-0.39, 0.29) is 11.8 Å². The van der Waals surface area contributed by atoms with Gasteiger partial charge in [0.15, 0.2) is 0 Å². The molecule has 7 nitrogen and oxygen atoms in total. The Morgan fingerprint density at radius 1 is 0.917 bits per heavy atom. The molecule has 1 aromatic heterocycles. The van der Waals surface area contributed by atoms with Crippen LogP contribution in [-0.4, -0.2) is 21.3 Å². The normalized spacial score (nSPS) is 21.8. The number of rotatable bonds is 5. The zero-order chi connectivity index (χ0) is 25.1. The zero-order valence-electron chi connectivity index (χ0n) is 19.7. The van der Waals surface area contributed by atoms with Gasteiger partial charge >= 0.3 is 0 Å². The fourth-order valence-corrected chi connectivity index (χ4v) is 5.98. The molecule has 1 saturated heterocycles. The van der Waals surface area contributed by atoms with Crippen molar-refractivity contribution in [1.29, 1.82) is 10.5 Å². The maximum absolute atomic E-state index is 11.6. The van der Waals surface area contributed by atoms with Gasteiger partial charge in [0.2, 0.25) is 11.8 Å². The predicted molar refractivity (Wildman–Crippen MR) is 135 cm³/mol. The average Bonchev–Trinajstić information content (AvgIpc) is 3.48. The predicted octanol–water partition coefficient (Wildman–Crippen LogP) is 5.52. The first-order valence-electron chi connectivity index (χ1n) is 11.9. The van der Waals surface area contributed by atoms with E-state index in [4.69, 9.17) is 10.00 Å². The summed E-state index contributed by atoms with van der Waals surface area (Å²) >= 11 is 0. The summed E-state index contributed by atoms with van der Waals surface area (Å²) in [6, 6.07) is 22.6. The third-order valence-electron chi connectivity index (χ3n) is 7.67. The van der Waals surface area contributed by atoms with Crippen LogP contribution in [0.4, 0.5) is 5.69 Å². The van der Waals surface area contributed by atoms with Crippen molar-refractivity contribution >= 4 is 16.5 Å². The molecule has 2 aliphatic heterocycles. The van der Waals surface area contributed by atoms with Gasteiger partial charge in [0, 0.05) is 23.0 Å². The lowest BCUT2D eigenvalue weighted by Crippen LogP contribution is -2.26. The maximum Gasteiger partial charge on any atom is 0.205 e. The maximum atomic E-state index is 11.6. The smallest absolute Gasteiger partial charge is 0.205 e. The number of nitriles is 2. The third-order valence-corrected chi connectivity index (χ3v) is 7.67. The number of nitrogens with one attached hydrogen (secondary N) is 1. The van der Waals surface area contributed by atoms with E-state index in [1.165, 1.54) is 4.57 Å². The molecule has 0 saturated carbocycles. The molecule has 0 spiro atoms. The van der Waals surface area contributed by atoms with Crippen LogP contribution < -0.4 is 5.32 Å². The van der Waals surface area contributed by atoms with Crippen molar-refractivity contribution in [3.63, 3.8) is 0 Å². The first-order chi connectivity index (χ1) is 17.4. The van der Waals surface area contributed by atoms with Gasteiger partial charge in [-0.2, -0.15) is 10.5 Å². The van der Waals surface area contributed by atoms with Crippen LogP contribution in [0.25, 0.3) is 16.5 Å². The first-order valence-corrected chi connectivity index (χ1v) is 11.9. The van der Waals surface area contributed by atoms with E-state index in [9.17, 15) is 15.5 Å². The summed E-state index contributed by atoms with van der Waals surface area (Å²) in [4.78, 5) is 0. The molecule has 1 fully saturated rings. The molecule has 178 valence electrons. The van der Waals surface area contributed by atoms with Crippen LogP contribution in [0.15, 0.2) is 60.7 Å². The Bertz CT molecular complexity index is 1610. The van der Waals surface area contributed by atoms with Gasteiger partial charge in [-0.1, -0.05) is 24.3 Å². The number of benzene rings is 3. The van der Waals surface area contributed by atoms with Crippen LogP contribution >= 0.6 is 0 Å². The van der Waals surface area contributed by atoms with Crippen molar-refractivity contribution in [1.82, 2.24) is 4.57 Å². The molecule has 0 amide bonds. The van der Waals surface area contributed by atoms with E-state index in [0.717, 1.165) is 29.3 Å². The summed E-state index contributed by atoms with van der Waals surface area (Å²) in [5, 5.41) is 46.5. The monoisotopic (exact) mass is 476 g/mol. The Kier molecular flexibility index (Phi) is 4.76. The highest BCUT2D eigenvalue weighted by Crippen LogP contribution is 2.65. The number of aromatic hydroxyl groups is 2. The van der Waals surface area contributed by atoms with Gasteiger partial charge in [0.05, 0.1) is 45.7 Å². The van der Waals surface area contributed by atoms with Crippen LogP contribution in [0.1, 0.15) is 48.4 Å². The molecule has 3 N–H and O–H groups in total. The van der Waals surface area contributed by atoms with Crippen molar-refractivity contribution in [3.05, 3.63) is 82.9 Å². The molecular weight excluding hydrogens is 452 g/mol. The van der Waals surface area contributed by atoms with Gasteiger partial charge in [0.1, 0.15) is 5.60 Å². The molecule has 2 atom stereocenters. The van der Waals surface area contributed by atoms with Crippen molar-refractivity contribution < 1.29 is 14.9 Å². The summed E-state index contributed by atoms with van der Waals surface area (Å²) < 4.78 is 8.04. The van der Waals surface area contributed by atoms with E-state index < -0.39 is 11.2 Å². The second-order valence-corrected chi connectivity index (χ2v) is 9.72. The molecule has 3 heterocycles. The van der Waals surface area contributed by atoms with Crippen LogP contribution in [0.3, 0.4) is 0 Å². The van der Waals surface area contributed by atoms with Crippen molar-refractivity contribution in [3.8, 4) is 29.6 Å². The highest BCUT2D eigenvalue weighted by Gasteiger charge is 2.61. The number of fused-ring (bicyclic) bond motifs is 6. The molecule has 36 heavy (non-hydrogen) atoms. The second kappa shape index (κ2) is 7.78. The van der Waals surface area contributed by atoms with Crippen LogP contribution in [0.2, 0.25) is 0 Å². The SMILES string of the molecule is C[C@@]12CC[C@@](CCNc3ccc(C#N)cc3)(O1)c1c2c(O)n(-c2ccc(C#N)c3ccccc23)c1O. The van der Waals surface area contributed by atoms with Crippen molar-refractivity contribution in [2.45, 2.75) is 37.4 Å². The lowest BCUT2D eigenvalue weighted by Gasteiger charge is -2.26. The Balaban J connectivity index is 1.40. The van der Waals surface area contributed by atoms with Crippen LogP contribution in [0.5, 0.6) is 11.8 Å². The van der Waals surface area contributed by atoms with E-state index in [0.29, 0.717) is 40.9 Å². The Hall–Kier alpha value is -4.46. The molecule has 2 aliphatic rings. The van der Waals surface area contributed by atoms with Gasteiger partial charge in [0.25, 0.3) is 0 Å². The standard InChI is InChI=1S/C29H24N4O3/c1-28-12-13-29(36-28,14-15-32-20-9-6-18(16-30)7-10-20)25-24(28)26(34)33(27(25)35)23-11-8-19(17-31)21-4-2-3-5-22(21)23/h2-11,32,34-35H,12-15H2,1H3/t28-,29-/m0/s1. The zero-order valence-corrected chi connectivity index (χ0v) is 19.7. The topological polar surface area (TPSA) is 114 Å². The number of aromatic nitrogens is 1. The molecule has 3 aromatic carbocycles. The van der Waals surface area contributed by atoms with Gasteiger partial charge < -0.3 is 20.3 Å². The Labute approximate surface area is 208 Å². The molecule has 0 unspecified atom stereocenters. The lowest BCUT2D eigenvalue weighted by atomic mass is 9.78. The van der Waals surface area contributed by atoms with Gasteiger partial charge in [-0.05, 0) is 62.6 Å². The molecule has 0 aliphatic carbocycles. The average molecular weight is 477 g/mol. The largest absolute Gasteiger partial charge is 0.494 e. The first kappa shape index (κ1) is 22.0. The van der Waals surface area contributed by atoms with Crippen molar-refractivity contribution in [2.75, 3.05) is 11.9 Å². The fourth-order valence-electron chi connectivity index (χ4n) is 5.98. The quantitative estimate of drug-likeness (QED) is 0.349. The van der Waals surface area contributed by atoms with E-state index in [1.54, 1.807) is 24.3 Å². The molecule has 0 radical (unpaired) electrons. The lowest BCUT2D eigenvalue weighted by molar-refractivity contribution is -0.0815. The summed E-state index contributed by atoms with van der Waals surface area (Å²) in [5.74, 6) is -0.0550. The minimum Gasteiger partial charge on any atom is -0.494 e. The van der Waals surface area contributed by atoms with Crippen LogP contribution in [0, 0.1) is 22.7 Å². The van der Waals surface area contributed by atoms with Gasteiger partial charge in [-0.15, -0.1) is 0 Å². The second-order valence-electron chi connectivity index (χ2n) is 9.72. The molecule has 4 aromatic rings. The van der Waals surface area contributed by atoms with Crippen LogP contribution in [-0.2, 0) is 15.9 Å². The van der Waals surface area contributed by atoms with Crippen molar-refractivity contribution in [2.24, 2.45) is 0 Å². The summed E-state index contributed by atoms with van der Waals surface area (Å²) in [6.45, 7) is 2.56. The molecule has 7 heteroatoms. The van der Waals surface area contributed by atoms with E-state index >= 15 is 0 Å².